The van der Waals surface area contributed by atoms with Gasteiger partial charge in [-0.05, 0) is 50.2 Å². The number of halogens is 1. The number of ether oxygens (including phenoxy) is 1. The molecule has 0 saturated heterocycles. The summed E-state index contributed by atoms with van der Waals surface area (Å²) in [5, 5.41) is 4.63. The first-order valence-corrected chi connectivity index (χ1v) is 9.63. The number of benzene rings is 2. The summed E-state index contributed by atoms with van der Waals surface area (Å²) in [5.41, 5.74) is 1.07. The molecule has 2 unspecified atom stereocenters. The normalized spacial score (nSPS) is 12.5. The first-order chi connectivity index (χ1) is 13.3. The van der Waals surface area contributed by atoms with Gasteiger partial charge in [-0.3, -0.25) is 14.4 Å². The lowest BCUT2D eigenvalue weighted by atomic mass is 10.3. The highest BCUT2D eigenvalue weighted by molar-refractivity contribution is 8.01. The predicted octanol–water partition coefficient (Wildman–Crippen LogP) is 3.46. The average Bonchev–Trinajstić information content (AvgIpc) is 2.68. The topological polar surface area (TPSA) is 84.5 Å². The number of nitrogens with one attached hydrogen (secondary N) is 2. The van der Waals surface area contributed by atoms with Gasteiger partial charge in [0.2, 0.25) is 5.91 Å². The molecule has 2 atom stereocenters. The number of esters is 1. The summed E-state index contributed by atoms with van der Waals surface area (Å²) >= 11 is 1.08. The van der Waals surface area contributed by atoms with E-state index >= 15 is 0 Å². The van der Waals surface area contributed by atoms with Gasteiger partial charge in [-0.1, -0.05) is 18.2 Å². The van der Waals surface area contributed by atoms with E-state index in [1.54, 1.807) is 31.2 Å². The second-order valence-electron chi connectivity index (χ2n) is 5.94. The Labute approximate surface area is 166 Å². The smallest absolute Gasteiger partial charge is 0.319 e. The molecular formula is C20H21FN2O4S. The van der Waals surface area contributed by atoms with Crippen LogP contribution in [-0.4, -0.2) is 34.9 Å². The van der Waals surface area contributed by atoms with Gasteiger partial charge in [-0.15, -0.1) is 11.8 Å². The summed E-state index contributed by atoms with van der Waals surface area (Å²) in [6.07, 6.45) is -0.969. The number of amides is 2. The van der Waals surface area contributed by atoms with Crippen molar-refractivity contribution in [2.45, 2.75) is 25.2 Å². The summed E-state index contributed by atoms with van der Waals surface area (Å²) in [6.45, 7) is 3.08. The maximum absolute atomic E-state index is 12.9. The number of para-hydroxylation sites is 1. The van der Waals surface area contributed by atoms with Crippen molar-refractivity contribution >= 4 is 40.9 Å². The molecule has 0 spiro atoms. The highest BCUT2D eigenvalue weighted by Gasteiger charge is 2.23. The molecule has 2 N–H and O–H groups in total. The molecular weight excluding hydrogens is 383 g/mol. The maximum atomic E-state index is 12.9. The number of thioether (sulfide) groups is 1. The summed E-state index contributed by atoms with van der Waals surface area (Å²) in [5.74, 6) is -1.74. The van der Waals surface area contributed by atoms with Crippen molar-refractivity contribution in [3.05, 3.63) is 60.4 Å². The highest BCUT2D eigenvalue weighted by Crippen LogP contribution is 2.15. The number of hydrogen-bond acceptors (Lipinski definition) is 5. The fourth-order valence-electron chi connectivity index (χ4n) is 2.09. The molecule has 0 fully saturated rings. The zero-order valence-corrected chi connectivity index (χ0v) is 16.3. The Morgan fingerprint density at radius 2 is 1.57 bits per heavy atom. The SMILES string of the molecule is CC(OC(=O)C(C)SCC(=O)Nc1ccc(F)cc1)C(=O)Nc1ccccc1. The molecule has 0 heterocycles. The van der Waals surface area contributed by atoms with Crippen LogP contribution in [0, 0.1) is 5.82 Å². The van der Waals surface area contributed by atoms with Crippen LogP contribution >= 0.6 is 11.8 Å². The van der Waals surface area contributed by atoms with E-state index in [0.29, 0.717) is 11.4 Å². The van der Waals surface area contributed by atoms with Gasteiger partial charge in [0.1, 0.15) is 11.1 Å². The third-order valence-corrected chi connectivity index (χ3v) is 4.75. The average molecular weight is 404 g/mol. The predicted molar refractivity (Wildman–Crippen MR) is 108 cm³/mol. The van der Waals surface area contributed by atoms with Crippen molar-refractivity contribution in [2.24, 2.45) is 0 Å². The molecule has 0 radical (unpaired) electrons. The second-order valence-corrected chi connectivity index (χ2v) is 7.27. The standard InChI is InChI=1S/C20H21FN2O4S/c1-13(19(25)23-16-6-4-3-5-7-16)27-20(26)14(2)28-12-18(24)22-17-10-8-15(21)9-11-17/h3-11,13-14H,12H2,1-2H3,(H,22,24)(H,23,25). The molecule has 2 amide bonds. The Morgan fingerprint density at radius 1 is 0.964 bits per heavy atom. The Hall–Kier alpha value is -2.87. The lowest BCUT2D eigenvalue weighted by Gasteiger charge is -2.16. The van der Waals surface area contributed by atoms with Crippen LogP contribution in [0.15, 0.2) is 54.6 Å². The third kappa shape index (κ3) is 7.03. The van der Waals surface area contributed by atoms with Gasteiger partial charge < -0.3 is 15.4 Å². The van der Waals surface area contributed by atoms with Crippen LogP contribution in [-0.2, 0) is 19.1 Å². The van der Waals surface area contributed by atoms with E-state index in [2.05, 4.69) is 10.6 Å². The molecule has 0 aliphatic rings. The van der Waals surface area contributed by atoms with E-state index in [1.165, 1.54) is 31.2 Å². The number of rotatable bonds is 8. The van der Waals surface area contributed by atoms with Crippen molar-refractivity contribution in [1.29, 1.82) is 0 Å². The fourth-order valence-corrected chi connectivity index (χ4v) is 2.75. The molecule has 148 valence electrons. The van der Waals surface area contributed by atoms with Crippen LogP contribution in [0.3, 0.4) is 0 Å². The minimum absolute atomic E-state index is 0.0121. The lowest BCUT2D eigenvalue weighted by Crippen LogP contribution is -2.32. The van der Waals surface area contributed by atoms with E-state index in [9.17, 15) is 18.8 Å². The Bertz CT molecular complexity index is 815. The first-order valence-electron chi connectivity index (χ1n) is 8.58. The van der Waals surface area contributed by atoms with Crippen LogP contribution < -0.4 is 10.6 Å². The van der Waals surface area contributed by atoms with Crippen molar-refractivity contribution < 1.29 is 23.5 Å². The Kier molecular flexibility index (Phi) is 8.01. The number of anilines is 2. The van der Waals surface area contributed by atoms with Crippen LogP contribution in [0.1, 0.15) is 13.8 Å². The molecule has 2 aromatic carbocycles. The minimum atomic E-state index is -0.969. The minimum Gasteiger partial charge on any atom is -0.452 e. The van der Waals surface area contributed by atoms with E-state index in [1.807, 2.05) is 6.07 Å². The molecule has 0 bridgehead atoms. The summed E-state index contributed by atoms with van der Waals surface area (Å²) < 4.78 is 18.0. The van der Waals surface area contributed by atoms with Gasteiger partial charge in [0.05, 0.1) is 5.75 Å². The molecule has 6 nitrogen and oxygen atoms in total. The van der Waals surface area contributed by atoms with Crippen LogP contribution in [0.2, 0.25) is 0 Å². The maximum Gasteiger partial charge on any atom is 0.319 e. The quantitative estimate of drug-likeness (QED) is 0.659. The molecule has 8 heteroatoms. The Morgan fingerprint density at radius 3 is 2.21 bits per heavy atom. The highest BCUT2D eigenvalue weighted by atomic mass is 32.2. The third-order valence-electron chi connectivity index (χ3n) is 3.63. The van der Waals surface area contributed by atoms with Crippen LogP contribution in [0.4, 0.5) is 15.8 Å². The van der Waals surface area contributed by atoms with Gasteiger partial charge in [-0.25, -0.2) is 4.39 Å². The molecule has 28 heavy (non-hydrogen) atoms. The molecule has 0 aromatic heterocycles. The summed E-state index contributed by atoms with van der Waals surface area (Å²) in [4.78, 5) is 36.1. The molecule has 2 aromatic rings. The van der Waals surface area contributed by atoms with E-state index in [4.69, 9.17) is 4.74 Å². The second kappa shape index (κ2) is 10.5. The van der Waals surface area contributed by atoms with Gasteiger partial charge in [-0.2, -0.15) is 0 Å². The van der Waals surface area contributed by atoms with Crippen LogP contribution in [0.5, 0.6) is 0 Å². The molecule has 0 aliphatic heterocycles. The summed E-state index contributed by atoms with van der Waals surface area (Å²) in [7, 11) is 0. The van der Waals surface area contributed by atoms with Gasteiger partial charge in [0.15, 0.2) is 6.10 Å². The zero-order chi connectivity index (χ0) is 20.5. The zero-order valence-electron chi connectivity index (χ0n) is 15.5. The van der Waals surface area contributed by atoms with Gasteiger partial charge in [0, 0.05) is 11.4 Å². The Balaban J connectivity index is 1.74. The molecule has 2 rings (SSSR count). The number of carbonyl (C=O) groups is 3. The largest absolute Gasteiger partial charge is 0.452 e. The van der Waals surface area contributed by atoms with Crippen molar-refractivity contribution in [3.8, 4) is 0 Å². The fraction of sp³-hybridized carbons (Fsp3) is 0.250. The van der Waals surface area contributed by atoms with Crippen molar-refractivity contribution in [1.82, 2.24) is 0 Å². The first kappa shape index (κ1) is 21.4. The lowest BCUT2D eigenvalue weighted by molar-refractivity contribution is -0.152. The number of carbonyl (C=O) groups excluding carboxylic acids is 3. The molecule has 0 saturated carbocycles. The van der Waals surface area contributed by atoms with Gasteiger partial charge in [0.25, 0.3) is 5.91 Å². The molecule has 0 aliphatic carbocycles. The van der Waals surface area contributed by atoms with E-state index < -0.39 is 29.0 Å². The summed E-state index contributed by atoms with van der Waals surface area (Å²) in [6, 6.07) is 14.2. The van der Waals surface area contributed by atoms with Crippen molar-refractivity contribution in [2.75, 3.05) is 16.4 Å². The monoisotopic (exact) mass is 404 g/mol. The number of hydrogen-bond donors (Lipinski definition) is 2. The van der Waals surface area contributed by atoms with E-state index in [0.717, 1.165) is 11.8 Å². The van der Waals surface area contributed by atoms with Crippen molar-refractivity contribution in [3.63, 3.8) is 0 Å². The van der Waals surface area contributed by atoms with Gasteiger partial charge >= 0.3 is 5.97 Å². The van der Waals surface area contributed by atoms with Crippen LogP contribution in [0.25, 0.3) is 0 Å². The van der Waals surface area contributed by atoms with E-state index in [-0.39, 0.29) is 11.7 Å².